The molecule has 2 fully saturated rings. The smallest absolute Gasteiger partial charge is 0.259 e. The SMILES string of the molecule is O=C(c1cnn2cccnc12)N1CCCC(C2NNCC2Cc2ccccc2)C1. The number of hydrazine groups is 1. The molecule has 2 aromatic heterocycles. The molecule has 0 saturated carbocycles. The van der Waals surface area contributed by atoms with Crippen molar-refractivity contribution in [3.8, 4) is 0 Å². The summed E-state index contributed by atoms with van der Waals surface area (Å²) >= 11 is 0. The molecule has 2 N–H and O–H groups in total. The molecule has 2 aliphatic heterocycles. The van der Waals surface area contributed by atoms with E-state index in [1.54, 1.807) is 16.9 Å². The second kappa shape index (κ2) is 7.93. The molecule has 150 valence electrons. The van der Waals surface area contributed by atoms with E-state index in [-0.39, 0.29) is 5.91 Å². The number of nitrogens with zero attached hydrogens (tertiary/aromatic N) is 4. The average molecular weight is 390 g/mol. The van der Waals surface area contributed by atoms with Gasteiger partial charge in [0.1, 0.15) is 5.56 Å². The number of amides is 1. The van der Waals surface area contributed by atoms with Crippen LogP contribution in [0.3, 0.4) is 0 Å². The molecule has 7 heteroatoms. The number of carbonyl (C=O) groups is 1. The highest BCUT2D eigenvalue weighted by Gasteiger charge is 2.37. The van der Waals surface area contributed by atoms with E-state index in [0.29, 0.717) is 29.1 Å². The third kappa shape index (κ3) is 3.63. The molecule has 3 unspecified atom stereocenters. The second-order valence-corrected chi connectivity index (χ2v) is 8.10. The Kier molecular flexibility index (Phi) is 4.99. The molecule has 0 aliphatic carbocycles. The van der Waals surface area contributed by atoms with Crippen molar-refractivity contribution in [2.45, 2.75) is 25.3 Å². The summed E-state index contributed by atoms with van der Waals surface area (Å²) in [4.78, 5) is 19.5. The molecule has 1 aromatic carbocycles. The lowest BCUT2D eigenvalue weighted by atomic mass is 9.81. The number of benzene rings is 1. The van der Waals surface area contributed by atoms with Gasteiger partial charge in [0.2, 0.25) is 0 Å². The number of likely N-dealkylation sites (tertiary alicyclic amines) is 1. The summed E-state index contributed by atoms with van der Waals surface area (Å²) in [5.74, 6) is 0.997. The number of nitrogens with one attached hydrogen (secondary N) is 2. The fourth-order valence-electron chi connectivity index (χ4n) is 4.81. The number of carbonyl (C=O) groups excluding carboxylic acids is 1. The predicted octanol–water partition coefficient (Wildman–Crippen LogP) is 1.92. The van der Waals surface area contributed by atoms with Crippen LogP contribution in [0.2, 0.25) is 0 Å². The highest BCUT2D eigenvalue weighted by atomic mass is 16.2. The molecule has 7 nitrogen and oxygen atoms in total. The first-order chi connectivity index (χ1) is 14.3. The van der Waals surface area contributed by atoms with Crippen LogP contribution in [-0.4, -0.2) is 51.1 Å². The van der Waals surface area contributed by atoms with Crippen molar-refractivity contribution in [2.75, 3.05) is 19.6 Å². The Balaban J connectivity index is 1.30. The van der Waals surface area contributed by atoms with Gasteiger partial charge in [-0.1, -0.05) is 30.3 Å². The highest BCUT2D eigenvalue weighted by molar-refractivity contribution is 5.99. The van der Waals surface area contributed by atoms with E-state index in [0.717, 1.165) is 38.9 Å². The van der Waals surface area contributed by atoms with Gasteiger partial charge in [0.15, 0.2) is 5.65 Å². The van der Waals surface area contributed by atoms with E-state index in [1.807, 2.05) is 17.2 Å². The van der Waals surface area contributed by atoms with E-state index in [9.17, 15) is 4.79 Å². The van der Waals surface area contributed by atoms with Crippen LogP contribution in [0.4, 0.5) is 0 Å². The maximum absolute atomic E-state index is 13.2. The van der Waals surface area contributed by atoms with Gasteiger partial charge in [-0.3, -0.25) is 15.6 Å². The first-order valence-electron chi connectivity index (χ1n) is 10.4. The van der Waals surface area contributed by atoms with Gasteiger partial charge in [-0.25, -0.2) is 9.50 Å². The molecule has 3 atom stereocenters. The van der Waals surface area contributed by atoms with E-state index in [2.05, 4.69) is 51.3 Å². The van der Waals surface area contributed by atoms with Crippen LogP contribution in [-0.2, 0) is 6.42 Å². The number of fused-ring (bicyclic) bond motifs is 1. The minimum absolute atomic E-state index is 0.0361. The maximum Gasteiger partial charge on any atom is 0.259 e. The number of aromatic nitrogens is 3. The van der Waals surface area contributed by atoms with Gasteiger partial charge >= 0.3 is 0 Å². The Morgan fingerprint density at radius 3 is 3.00 bits per heavy atom. The zero-order valence-electron chi connectivity index (χ0n) is 16.4. The standard InChI is InChI=1S/C22H26N6O/c29-22(19-14-25-28-11-5-9-23-21(19)28)27-10-4-8-17(15-27)20-18(13-24-26-20)12-16-6-2-1-3-7-16/h1-3,5-7,9,11,14,17-18,20,24,26H,4,8,10,12-13,15H2. The Morgan fingerprint density at radius 1 is 1.21 bits per heavy atom. The van der Waals surface area contributed by atoms with Crippen LogP contribution in [0.5, 0.6) is 0 Å². The molecule has 0 spiro atoms. The molecular formula is C22H26N6O. The van der Waals surface area contributed by atoms with Crippen LogP contribution < -0.4 is 10.9 Å². The number of piperidine rings is 1. The minimum atomic E-state index is 0.0361. The van der Waals surface area contributed by atoms with Crippen molar-refractivity contribution in [2.24, 2.45) is 11.8 Å². The van der Waals surface area contributed by atoms with E-state index >= 15 is 0 Å². The van der Waals surface area contributed by atoms with Gasteiger partial charge in [0.25, 0.3) is 5.91 Å². The maximum atomic E-state index is 13.2. The normalized spacial score (nSPS) is 24.8. The molecule has 2 aliphatic rings. The first-order valence-corrected chi connectivity index (χ1v) is 10.4. The van der Waals surface area contributed by atoms with E-state index in [4.69, 9.17) is 0 Å². The molecule has 1 amide bonds. The summed E-state index contributed by atoms with van der Waals surface area (Å²) < 4.78 is 1.66. The lowest BCUT2D eigenvalue weighted by Gasteiger charge is -2.37. The van der Waals surface area contributed by atoms with Crippen molar-refractivity contribution in [3.63, 3.8) is 0 Å². The third-order valence-corrected chi connectivity index (χ3v) is 6.24. The molecule has 5 rings (SSSR count). The number of hydrogen-bond donors (Lipinski definition) is 2. The molecular weight excluding hydrogens is 364 g/mol. The molecule has 0 bridgehead atoms. The zero-order chi connectivity index (χ0) is 19.6. The summed E-state index contributed by atoms with van der Waals surface area (Å²) in [7, 11) is 0. The van der Waals surface area contributed by atoms with Crippen LogP contribution >= 0.6 is 0 Å². The Hall–Kier alpha value is -2.77. The summed E-state index contributed by atoms with van der Waals surface area (Å²) in [6, 6.07) is 12.8. The summed E-state index contributed by atoms with van der Waals surface area (Å²) in [6.45, 7) is 2.53. The summed E-state index contributed by atoms with van der Waals surface area (Å²) in [6.07, 6.45) is 8.38. The fourth-order valence-corrected chi connectivity index (χ4v) is 4.81. The molecule has 29 heavy (non-hydrogen) atoms. The van der Waals surface area contributed by atoms with Crippen molar-refractivity contribution < 1.29 is 4.79 Å². The van der Waals surface area contributed by atoms with Crippen molar-refractivity contribution >= 4 is 11.6 Å². The minimum Gasteiger partial charge on any atom is -0.338 e. The van der Waals surface area contributed by atoms with Crippen molar-refractivity contribution in [1.29, 1.82) is 0 Å². The predicted molar refractivity (Wildman–Crippen MR) is 110 cm³/mol. The van der Waals surface area contributed by atoms with Crippen LogP contribution in [0.1, 0.15) is 28.8 Å². The number of rotatable bonds is 4. The van der Waals surface area contributed by atoms with Gasteiger partial charge in [-0.15, -0.1) is 0 Å². The van der Waals surface area contributed by atoms with Gasteiger partial charge in [-0.05, 0) is 42.7 Å². The summed E-state index contributed by atoms with van der Waals surface area (Å²) in [5, 5.41) is 4.27. The largest absolute Gasteiger partial charge is 0.338 e. The lowest BCUT2D eigenvalue weighted by Crippen LogP contribution is -2.48. The second-order valence-electron chi connectivity index (χ2n) is 8.10. The first kappa shape index (κ1) is 18.3. The topological polar surface area (TPSA) is 74.6 Å². The van der Waals surface area contributed by atoms with Gasteiger partial charge < -0.3 is 4.90 Å². The number of hydrogen-bond acceptors (Lipinski definition) is 5. The lowest BCUT2D eigenvalue weighted by molar-refractivity contribution is 0.0636. The van der Waals surface area contributed by atoms with E-state index < -0.39 is 0 Å². The van der Waals surface area contributed by atoms with Crippen LogP contribution in [0.15, 0.2) is 55.0 Å². The third-order valence-electron chi connectivity index (χ3n) is 6.24. The monoisotopic (exact) mass is 390 g/mol. The zero-order valence-corrected chi connectivity index (χ0v) is 16.4. The summed E-state index contributed by atoms with van der Waals surface area (Å²) in [5.41, 5.74) is 9.45. The molecule has 2 saturated heterocycles. The molecule has 4 heterocycles. The molecule has 3 aromatic rings. The average Bonchev–Trinajstić information content (AvgIpc) is 3.41. The fraction of sp³-hybridized carbons (Fsp3) is 0.409. The van der Waals surface area contributed by atoms with Crippen molar-refractivity contribution in [1.82, 2.24) is 30.3 Å². The highest BCUT2D eigenvalue weighted by Crippen LogP contribution is 2.28. The van der Waals surface area contributed by atoms with Gasteiger partial charge in [0.05, 0.1) is 6.20 Å². The van der Waals surface area contributed by atoms with Crippen LogP contribution in [0.25, 0.3) is 5.65 Å². The van der Waals surface area contributed by atoms with Gasteiger partial charge in [-0.2, -0.15) is 5.10 Å². The Labute approximate surface area is 170 Å². The Bertz CT molecular complexity index is 987. The van der Waals surface area contributed by atoms with Gasteiger partial charge in [0, 0.05) is 38.1 Å². The Morgan fingerprint density at radius 2 is 2.10 bits per heavy atom. The molecule has 0 radical (unpaired) electrons. The van der Waals surface area contributed by atoms with Crippen molar-refractivity contribution in [3.05, 3.63) is 66.1 Å². The quantitative estimate of drug-likeness (QED) is 0.712. The van der Waals surface area contributed by atoms with Crippen LogP contribution in [0, 0.1) is 11.8 Å². The van der Waals surface area contributed by atoms with E-state index in [1.165, 1.54) is 5.56 Å².